The van der Waals surface area contributed by atoms with E-state index in [0.717, 1.165) is 11.9 Å². The van der Waals surface area contributed by atoms with Crippen LogP contribution in [0.1, 0.15) is 27.0 Å². The van der Waals surface area contributed by atoms with Gasteiger partial charge in [0.05, 0.1) is 32.3 Å². The molecule has 3 aromatic carbocycles. The summed E-state index contributed by atoms with van der Waals surface area (Å²) in [6, 6.07) is 10.2. The zero-order chi connectivity index (χ0) is 30.7. The van der Waals surface area contributed by atoms with E-state index in [9.17, 15) is 40.1 Å². The van der Waals surface area contributed by atoms with Crippen molar-refractivity contribution in [2.24, 2.45) is 0 Å². The SMILES string of the molecule is CN(Cc1cc(C(F)(F)F)cc(C(F)(F)F)c1)C(=O)c1c(-c2cc(Cl)cc(Cl)c2)c2cccc3c2n(c1=O)CCS3=O. The van der Waals surface area contributed by atoms with Crippen molar-refractivity contribution >= 4 is 50.8 Å². The van der Waals surface area contributed by atoms with Gasteiger partial charge in [0.25, 0.3) is 11.5 Å². The highest BCUT2D eigenvalue weighted by atomic mass is 35.5. The van der Waals surface area contributed by atoms with Crippen LogP contribution < -0.4 is 5.56 Å². The molecule has 0 radical (unpaired) electrons. The minimum absolute atomic E-state index is 0.00564. The second-order valence-corrected chi connectivity index (χ2v) is 12.1. The lowest BCUT2D eigenvalue weighted by atomic mass is 9.94. The third-order valence-electron chi connectivity index (χ3n) is 6.77. The van der Waals surface area contributed by atoms with Crippen molar-refractivity contribution in [3.63, 3.8) is 0 Å². The molecule has 0 fully saturated rings. The molecule has 0 saturated heterocycles. The number of nitrogens with zero attached hydrogens (tertiary/aromatic N) is 2. The van der Waals surface area contributed by atoms with E-state index in [1.54, 1.807) is 18.2 Å². The van der Waals surface area contributed by atoms with Crippen molar-refractivity contribution < 1.29 is 35.3 Å². The number of hydrogen-bond donors (Lipinski definition) is 0. The number of carbonyl (C=O) groups excluding carboxylic acids is 1. The summed E-state index contributed by atoms with van der Waals surface area (Å²) in [5.41, 5.74) is -3.97. The Hall–Kier alpha value is -3.35. The van der Waals surface area contributed by atoms with Crippen molar-refractivity contribution in [2.45, 2.75) is 30.3 Å². The first-order valence-electron chi connectivity index (χ1n) is 12.1. The van der Waals surface area contributed by atoms with E-state index < -0.39 is 63.4 Å². The monoisotopic (exact) mass is 646 g/mol. The molecule has 0 N–H and O–H groups in total. The van der Waals surface area contributed by atoms with Gasteiger partial charge in [-0.2, -0.15) is 26.3 Å². The highest BCUT2D eigenvalue weighted by molar-refractivity contribution is 7.85. The Morgan fingerprint density at radius 1 is 0.952 bits per heavy atom. The molecule has 1 aliphatic rings. The summed E-state index contributed by atoms with van der Waals surface area (Å²) in [7, 11) is -0.271. The Kier molecular flexibility index (Phi) is 7.70. The van der Waals surface area contributed by atoms with Crippen molar-refractivity contribution in [1.29, 1.82) is 0 Å². The smallest absolute Gasteiger partial charge is 0.337 e. The molecule has 5 rings (SSSR count). The van der Waals surface area contributed by atoms with E-state index in [4.69, 9.17) is 23.2 Å². The summed E-state index contributed by atoms with van der Waals surface area (Å²) in [4.78, 5) is 29.1. The summed E-state index contributed by atoms with van der Waals surface area (Å²) in [6.07, 6.45) is -10.1. The van der Waals surface area contributed by atoms with Gasteiger partial charge in [0, 0.05) is 46.9 Å². The van der Waals surface area contributed by atoms with Crippen molar-refractivity contribution in [1.82, 2.24) is 9.47 Å². The number of halogens is 8. The Balaban J connectivity index is 1.71. The standard InChI is InChI=1S/C28H18Cl2F6N2O3S/c1-37(13-14-7-16(27(31,32)33)11-17(8-14)28(34,35)36)25(39)23-22(15-9-18(29)12-19(30)10-15)20-3-2-4-21-24(20)38(26(23)40)5-6-42(21)41/h2-4,7-12H,5-6,13H2,1H3. The van der Waals surface area contributed by atoms with Gasteiger partial charge in [-0.3, -0.25) is 13.8 Å². The van der Waals surface area contributed by atoms with Gasteiger partial charge in [-0.1, -0.05) is 35.3 Å². The van der Waals surface area contributed by atoms with Crippen LogP contribution in [0.25, 0.3) is 22.0 Å². The minimum atomic E-state index is -5.07. The van der Waals surface area contributed by atoms with Crippen LogP contribution in [0.2, 0.25) is 10.0 Å². The number of benzene rings is 3. The number of carbonyl (C=O) groups is 1. The molecule has 14 heteroatoms. The zero-order valence-electron chi connectivity index (χ0n) is 21.4. The van der Waals surface area contributed by atoms with Crippen molar-refractivity contribution in [2.75, 3.05) is 12.8 Å². The van der Waals surface area contributed by atoms with E-state index in [0.29, 0.717) is 27.9 Å². The predicted octanol–water partition coefficient (Wildman–Crippen LogP) is 7.41. The van der Waals surface area contributed by atoms with Crippen LogP contribution in [-0.4, -0.2) is 32.4 Å². The Morgan fingerprint density at radius 2 is 1.55 bits per heavy atom. The summed E-state index contributed by atoms with van der Waals surface area (Å²) >= 11 is 12.4. The fourth-order valence-corrected chi connectivity index (χ4v) is 6.77. The lowest BCUT2D eigenvalue weighted by molar-refractivity contribution is -0.143. The molecule has 4 aromatic rings. The average Bonchev–Trinajstić information content (AvgIpc) is 2.89. The molecule has 1 unspecified atom stereocenters. The van der Waals surface area contributed by atoms with E-state index in [2.05, 4.69) is 0 Å². The maximum absolute atomic E-state index is 13.9. The number of para-hydroxylation sites is 1. The lowest BCUT2D eigenvalue weighted by Gasteiger charge is -2.25. The van der Waals surface area contributed by atoms with Crippen LogP contribution in [0.4, 0.5) is 26.3 Å². The quantitative estimate of drug-likeness (QED) is 0.217. The van der Waals surface area contributed by atoms with Crippen molar-refractivity contribution in [3.05, 3.63) is 97.3 Å². The first-order chi connectivity index (χ1) is 19.6. The van der Waals surface area contributed by atoms with E-state index in [1.807, 2.05) is 0 Å². The molecule has 0 aliphatic carbocycles. The first-order valence-corrected chi connectivity index (χ1v) is 14.2. The minimum Gasteiger partial charge on any atom is -0.337 e. The fraction of sp³-hybridized carbons (Fsp3) is 0.214. The van der Waals surface area contributed by atoms with Gasteiger partial charge < -0.3 is 9.47 Å². The van der Waals surface area contributed by atoms with Gasteiger partial charge in [0.2, 0.25) is 0 Å². The predicted molar refractivity (Wildman–Crippen MR) is 147 cm³/mol. The van der Waals surface area contributed by atoms with E-state index in [-0.39, 0.29) is 39.5 Å². The normalized spacial score (nSPS) is 15.2. The topological polar surface area (TPSA) is 59.4 Å². The van der Waals surface area contributed by atoms with Gasteiger partial charge in [0.1, 0.15) is 5.56 Å². The lowest BCUT2D eigenvalue weighted by Crippen LogP contribution is -2.37. The van der Waals surface area contributed by atoms with Crippen molar-refractivity contribution in [3.8, 4) is 11.1 Å². The molecule has 220 valence electrons. The average molecular weight is 647 g/mol. The Bertz CT molecular complexity index is 1800. The number of pyridine rings is 1. The zero-order valence-corrected chi connectivity index (χ0v) is 23.7. The molecule has 1 aliphatic heterocycles. The highest BCUT2D eigenvalue weighted by Gasteiger charge is 2.37. The number of alkyl halides is 6. The highest BCUT2D eigenvalue weighted by Crippen LogP contribution is 2.39. The van der Waals surface area contributed by atoms with Gasteiger partial charge in [0.15, 0.2) is 0 Å². The third-order valence-corrected chi connectivity index (χ3v) is 8.58. The number of hydrogen-bond acceptors (Lipinski definition) is 3. The molecule has 0 saturated carbocycles. The fourth-order valence-electron chi connectivity index (χ4n) is 5.01. The summed E-state index contributed by atoms with van der Waals surface area (Å²) < 4.78 is 94.6. The van der Waals surface area contributed by atoms with E-state index in [1.165, 1.54) is 22.8 Å². The number of amides is 1. The van der Waals surface area contributed by atoms with Crippen LogP contribution in [0, 0.1) is 0 Å². The third kappa shape index (κ3) is 5.55. The Labute approximate surface area is 246 Å². The van der Waals surface area contributed by atoms with Crippen LogP contribution in [-0.2, 0) is 36.2 Å². The van der Waals surface area contributed by atoms with Crippen LogP contribution in [0.5, 0.6) is 0 Å². The molecule has 5 nitrogen and oxygen atoms in total. The number of aromatic nitrogens is 1. The number of aryl methyl sites for hydroxylation is 1. The molecule has 2 heterocycles. The van der Waals surface area contributed by atoms with E-state index >= 15 is 0 Å². The summed E-state index contributed by atoms with van der Waals surface area (Å²) in [5.74, 6) is -0.859. The molecule has 0 bridgehead atoms. The summed E-state index contributed by atoms with van der Waals surface area (Å²) in [6.45, 7) is -0.661. The molecule has 42 heavy (non-hydrogen) atoms. The maximum atomic E-state index is 13.9. The van der Waals surface area contributed by atoms with Crippen LogP contribution >= 0.6 is 23.2 Å². The Morgan fingerprint density at radius 3 is 2.12 bits per heavy atom. The maximum Gasteiger partial charge on any atom is 0.416 e. The van der Waals surface area contributed by atoms with Crippen LogP contribution in [0.3, 0.4) is 0 Å². The molecular formula is C28H18Cl2F6N2O3S. The van der Waals surface area contributed by atoms with Gasteiger partial charge in [-0.05, 0) is 53.6 Å². The molecule has 1 amide bonds. The molecule has 0 spiro atoms. The molecule has 1 aromatic heterocycles. The van der Waals surface area contributed by atoms with Crippen LogP contribution in [0.15, 0.2) is 64.3 Å². The van der Waals surface area contributed by atoms with Gasteiger partial charge >= 0.3 is 12.4 Å². The second-order valence-electron chi connectivity index (χ2n) is 9.64. The molecular weight excluding hydrogens is 629 g/mol. The number of rotatable bonds is 4. The van der Waals surface area contributed by atoms with Gasteiger partial charge in [-0.25, -0.2) is 0 Å². The molecule has 1 atom stereocenters. The first kappa shape index (κ1) is 30.1. The summed E-state index contributed by atoms with van der Waals surface area (Å²) in [5, 5.41) is 0.725. The largest absolute Gasteiger partial charge is 0.416 e. The van der Waals surface area contributed by atoms with Gasteiger partial charge in [-0.15, -0.1) is 0 Å². The second kappa shape index (κ2) is 10.7.